The molecule has 0 aliphatic carbocycles. The van der Waals surface area contributed by atoms with Crippen molar-refractivity contribution in [3.05, 3.63) is 17.5 Å². The summed E-state index contributed by atoms with van der Waals surface area (Å²) in [6.07, 6.45) is 1.83. The highest BCUT2D eigenvalue weighted by atomic mass is 16.4. The lowest BCUT2D eigenvalue weighted by atomic mass is 9.79. The highest BCUT2D eigenvalue weighted by Crippen LogP contribution is 2.28. The largest absolute Gasteiger partial charge is 0.481 e. The van der Waals surface area contributed by atoms with Crippen molar-refractivity contribution in [3.63, 3.8) is 0 Å². The van der Waals surface area contributed by atoms with Crippen LogP contribution in [0.15, 0.2) is 6.07 Å². The van der Waals surface area contributed by atoms with Gasteiger partial charge in [0, 0.05) is 25.7 Å². The Balaban J connectivity index is 3.00. The average Bonchev–Trinajstić information content (AvgIpc) is 2.56. The second-order valence-electron chi connectivity index (χ2n) is 4.62. The van der Waals surface area contributed by atoms with E-state index >= 15 is 0 Å². The molecule has 0 saturated carbocycles. The zero-order chi connectivity index (χ0) is 13.1. The molecule has 96 valence electrons. The van der Waals surface area contributed by atoms with Gasteiger partial charge in [0.2, 0.25) is 0 Å². The lowest BCUT2D eigenvalue weighted by molar-refractivity contribution is -0.148. The molecule has 0 bridgehead atoms. The lowest BCUT2D eigenvalue weighted by Crippen LogP contribution is -2.41. The molecule has 1 heterocycles. The van der Waals surface area contributed by atoms with Crippen LogP contribution in [0.2, 0.25) is 0 Å². The normalized spacial score (nSPS) is 14.6. The van der Waals surface area contributed by atoms with Crippen LogP contribution in [-0.2, 0) is 18.3 Å². The minimum absolute atomic E-state index is 0.153. The molecule has 1 rings (SSSR count). The number of aryl methyl sites for hydroxylation is 2. The topological polar surface area (TPSA) is 81.1 Å². The molecule has 0 aliphatic rings. The predicted molar refractivity (Wildman–Crippen MR) is 65.7 cm³/mol. The summed E-state index contributed by atoms with van der Waals surface area (Å²) in [6.45, 7) is 4.02. The highest BCUT2D eigenvalue weighted by molar-refractivity contribution is 5.75. The second-order valence-corrected chi connectivity index (χ2v) is 4.62. The molecule has 0 saturated heterocycles. The summed E-state index contributed by atoms with van der Waals surface area (Å²) in [6, 6.07) is 1.92. The Hall–Kier alpha value is -1.36. The van der Waals surface area contributed by atoms with Crippen molar-refractivity contribution in [2.24, 2.45) is 18.2 Å². The van der Waals surface area contributed by atoms with Crippen molar-refractivity contribution in [2.45, 2.75) is 33.1 Å². The van der Waals surface area contributed by atoms with Crippen LogP contribution in [0.4, 0.5) is 0 Å². The van der Waals surface area contributed by atoms with Crippen LogP contribution in [-0.4, -0.2) is 27.4 Å². The maximum Gasteiger partial charge on any atom is 0.311 e. The van der Waals surface area contributed by atoms with E-state index in [1.54, 1.807) is 4.68 Å². The van der Waals surface area contributed by atoms with Gasteiger partial charge in [0.1, 0.15) is 0 Å². The van der Waals surface area contributed by atoms with Crippen LogP contribution >= 0.6 is 0 Å². The first-order valence-electron chi connectivity index (χ1n) is 5.88. The van der Waals surface area contributed by atoms with Crippen molar-refractivity contribution in [1.29, 1.82) is 0 Å². The number of hydrogen-bond acceptors (Lipinski definition) is 3. The molecule has 1 atom stereocenters. The molecule has 0 radical (unpaired) electrons. The van der Waals surface area contributed by atoms with Gasteiger partial charge in [-0.1, -0.05) is 13.3 Å². The number of rotatable bonds is 6. The predicted octanol–water partition coefficient (Wildman–Crippen LogP) is 1.10. The first kappa shape index (κ1) is 13.7. The zero-order valence-electron chi connectivity index (χ0n) is 10.7. The molecule has 1 aromatic heterocycles. The molecule has 5 heteroatoms. The van der Waals surface area contributed by atoms with Crippen LogP contribution in [0.25, 0.3) is 0 Å². The van der Waals surface area contributed by atoms with Crippen LogP contribution in [0.1, 0.15) is 31.2 Å². The molecule has 0 spiro atoms. The molecule has 3 N–H and O–H groups in total. The number of aromatic nitrogens is 2. The molecule has 17 heavy (non-hydrogen) atoms. The number of aliphatic carboxylic acids is 1. The number of nitrogens with zero attached hydrogens (tertiary/aromatic N) is 2. The minimum atomic E-state index is -0.866. The number of nitrogens with two attached hydrogens (primary N) is 1. The molecule has 0 fully saturated rings. The van der Waals surface area contributed by atoms with Crippen LogP contribution in [0.5, 0.6) is 0 Å². The van der Waals surface area contributed by atoms with Gasteiger partial charge in [-0.15, -0.1) is 0 Å². The molecule has 0 aromatic carbocycles. The van der Waals surface area contributed by atoms with Gasteiger partial charge in [0.25, 0.3) is 0 Å². The maximum atomic E-state index is 11.5. The third-order valence-corrected chi connectivity index (χ3v) is 3.19. The van der Waals surface area contributed by atoms with Crippen molar-refractivity contribution >= 4 is 5.97 Å². The fraction of sp³-hybridized carbons (Fsp3) is 0.667. The van der Waals surface area contributed by atoms with Crippen LogP contribution in [0, 0.1) is 12.3 Å². The molecule has 0 aliphatic heterocycles. The monoisotopic (exact) mass is 239 g/mol. The average molecular weight is 239 g/mol. The van der Waals surface area contributed by atoms with E-state index in [9.17, 15) is 9.90 Å². The molecular formula is C12H21N3O2. The molecule has 1 aromatic rings. The van der Waals surface area contributed by atoms with Gasteiger partial charge in [-0.2, -0.15) is 5.10 Å². The summed E-state index contributed by atoms with van der Waals surface area (Å²) in [5, 5.41) is 13.6. The molecule has 1 unspecified atom stereocenters. The number of carboxylic acid groups (broad SMARTS) is 1. The summed E-state index contributed by atoms with van der Waals surface area (Å²) in [5.41, 5.74) is 6.64. The van der Waals surface area contributed by atoms with Gasteiger partial charge in [-0.05, 0) is 19.4 Å². The van der Waals surface area contributed by atoms with Gasteiger partial charge in [-0.3, -0.25) is 9.48 Å². The first-order chi connectivity index (χ1) is 7.95. The first-order valence-corrected chi connectivity index (χ1v) is 5.88. The Morgan fingerprint density at radius 3 is 2.65 bits per heavy atom. The Labute approximate surface area is 102 Å². The van der Waals surface area contributed by atoms with Gasteiger partial charge >= 0.3 is 5.97 Å². The summed E-state index contributed by atoms with van der Waals surface area (Å²) < 4.78 is 1.73. The van der Waals surface area contributed by atoms with E-state index in [4.69, 9.17) is 5.73 Å². The fourth-order valence-electron chi connectivity index (χ4n) is 2.19. The Bertz CT molecular complexity index is 400. The third-order valence-electron chi connectivity index (χ3n) is 3.19. The molecule has 5 nitrogen and oxygen atoms in total. The van der Waals surface area contributed by atoms with Crippen LogP contribution < -0.4 is 5.73 Å². The maximum absolute atomic E-state index is 11.5. The number of carbonyl (C=O) groups is 1. The van der Waals surface area contributed by atoms with E-state index in [0.29, 0.717) is 12.8 Å². The van der Waals surface area contributed by atoms with Crippen molar-refractivity contribution in [3.8, 4) is 0 Å². The SMILES string of the molecule is CCCC(CN)(Cc1cc(C)nn1C)C(=O)O. The number of hydrogen-bond donors (Lipinski definition) is 2. The molecule has 0 amide bonds. The van der Waals surface area contributed by atoms with Crippen molar-refractivity contribution < 1.29 is 9.90 Å². The smallest absolute Gasteiger partial charge is 0.311 e. The summed E-state index contributed by atoms with van der Waals surface area (Å²) in [7, 11) is 1.83. The molecular weight excluding hydrogens is 218 g/mol. The van der Waals surface area contributed by atoms with E-state index in [0.717, 1.165) is 17.8 Å². The lowest BCUT2D eigenvalue weighted by Gasteiger charge is -2.27. The highest BCUT2D eigenvalue weighted by Gasteiger charge is 2.37. The quantitative estimate of drug-likeness (QED) is 0.779. The summed E-state index contributed by atoms with van der Waals surface area (Å²) in [4.78, 5) is 11.5. The Morgan fingerprint density at radius 1 is 1.65 bits per heavy atom. The Kier molecular flexibility index (Phi) is 4.28. The Morgan fingerprint density at radius 2 is 2.29 bits per heavy atom. The van der Waals surface area contributed by atoms with Crippen molar-refractivity contribution in [2.75, 3.05) is 6.54 Å². The third kappa shape index (κ3) is 2.85. The minimum Gasteiger partial charge on any atom is -0.481 e. The van der Waals surface area contributed by atoms with Crippen molar-refractivity contribution in [1.82, 2.24) is 9.78 Å². The van der Waals surface area contributed by atoms with E-state index in [1.165, 1.54) is 0 Å². The summed E-state index contributed by atoms with van der Waals surface area (Å²) in [5.74, 6) is -0.819. The fourth-order valence-corrected chi connectivity index (χ4v) is 2.19. The van der Waals surface area contributed by atoms with Gasteiger partial charge in [0.15, 0.2) is 0 Å². The number of carboxylic acids is 1. The second kappa shape index (κ2) is 5.31. The van der Waals surface area contributed by atoms with Gasteiger partial charge in [-0.25, -0.2) is 0 Å². The standard InChI is InChI=1S/C12H21N3O2/c1-4-5-12(8-13,11(16)17)7-10-6-9(2)14-15(10)3/h6H,4-5,7-8,13H2,1-3H3,(H,16,17). The van der Waals surface area contributed by atoms with Crippen LogP contribution in [0.3, 0.4) is 0 Å². The van der Waals surface area contributed by atoms with Gasteiger partial charge in [0.05, 0.1) is 11.1 Å². The van der Waals surface area contributed by atoms with E-state index in [-0.39, 0.29) is 6.54 Å². The summed E-state index contributed by atoms with van der Waals surface area (Å²) >= 11 is 0. The van der Waals surface area contributed by atoms with Gasteiger partial charge < -0.3 is 10.8 Å². The van der Waals surface area contributed by atoms with E-state index < -0.39 is 11.4 Å². The zero-order valence-corrected chi connectivity index (χ0v) is 10.7. The van der Waals surface area contributed by atoms with E-state index in [2.05, 4.69) is 5.10 Å². The van der Waals surface area contributed by atoms with E-state index in [1.807, 2.05) is 27.0 Å².